The van der Waals surface area contributed by atoms with Crippen molar-refractivity contribution in [1.29, 1.82) is 0 Å². The van der Waals surface area contributed by atoms with Gasteiger partial charge in [0.2, 0.25) is 0 Å². The minimum atomic E-state index is -0.877. The van der Waals surface area contributed by atoms with E-state index in [0.717, 1.165) is 17.6 Å². The van der Waals surface area contributed by atoms with E-state index in [4.69, 9.17) is 5.11 Å². The van der Waals surface area contributed by atoms with Crippen molar-refractivity contribution in [2.75, 3.05) is 0 Å². The lowest BCUT2D eigenvalue weighted by atomic mass is 10.0. The number of carboxylic acids is 1. The number of hydrogen-bond acceptors (Lipinski definition) is 1. The molecule has 0 radical (unpaired) electrons. The first kappa shape index (κ1) is 11.5. The highest BCUT2D eigenvalue weighted by atomic mass is 16.4. The molecule has 0 amide bonds. The van der Waals surface area contributed by atoms with Gasteiger partial charge in [-0.3, -0.25) is 0 Å². The third-order valence-corrected chi connectivity index (χ3v) is 2.28. The Labute approximate surface area is 90.3 Å². The minimum absolute atomic E-state index is 0.705. The van der Waals surface area contributed by atoms with Crippen LogP contribution in [0.15, 0.2) is 35.9 Å². The Kier molecular flexibility index (Phi) is 4.10. The summed E-state index contributed by atoms with van der Waals surface area (Å²) >= 11 is 0. The van der Waals surface area contributed by atoms with Crippen molar-refractivity contribution < 1.29 is 9.90 Å². The lowest BCUT2D eigenvalue weighted by Crippen LogP contribution is -1.93. The first-order valence-electron chi connectivity index (χ1n) is 5.09. The van der Waals surface area contributed by atoms with Crippen LogP contribution in [0.5, 0.6) is 0 Å². The molecular formula is C13H16O2. The van der Waals surface area contributed by atoms with E-state index in [-0.39, 0.29) is 0 Å². The van der Waals surface area contributed by atoms with Crippen molar-refractivity contribution in [2.45, 2.75) is 26.7 Å². The van der Waals surface area contributed by atoms with E-state index in [1.54, 1.807) is 0 Å². The van der Waals surface area contributed by atoms with Gasteiger partial charge in [-0.15, -0.1) is 0 Å². The average Bonchev–Trinajstić information content (AvgIpc) is 2.17. The third-order valence-electron chi connectivity index (χ3n) is 2.28. The van der Waals surface area contributed by atoms with E-state index in [9.17, 15) is 4.79 Å². The summed E-state index contributed by atoms with van der Waals surface area (Å²) in [4.78, 5) is 10.4. The molecule has 0 spiro atoms. The van der Waals surface area contributed by atoms with Crippen LogP contribution in [0.3, 0.4) is 0 Å². The van der Waals surface area contributed by atoms with Gasteiger partial charge < -0.3 is 5.11 Å². The Balaban J connectivity index is 2.69. The van der Waals surface area contributed by atoms with E-state index < -0.39 is 5.97 Å². The molecule has 0 saturated carbocycles. The lowest BCUT2D eigenvalue weighted by molar-refractivity contribution is -0.131. The second-order valence-corrected chi connectivity index (χ2v) is 3.68. The molecule has 0 unspecified atom stereocenters. The Morgan fingerprint density at radius 3 is 2.27 bits per heavy atom. The van der Waals surface area contributed by atoms with Crippen LogP contribution in [0.2, 0.25) is 0 Å². The van der Waals surface area contributed by atoms with Gasteiger partial charge in [0.25, 0.3) is 0 Å². The fourth-order valence-electron chi connectivity index (χ4n) is 1.48. The van der Waals surface area contributed by atoms with Gasteiger partial charge in [0.05, 0.1) is 0 Å². The summed E-state index contributed by atoms with van der Waals surface area (Å²) in [5.74, 6) is -0.877. The van der Waals surface area contributed by atoms with Crippen LogP contribution in [0.1, 0.15) is 25.0 Å². The molecule has 0 heterocycles. The number of carboxylic acid groups (broad SMARTS) is 1. The molecule has 1 aromatic rings. The molecule has 1 rings (SSSR count). The van der Waals surface area contributed by atoms with Crippen molar-refractivity contribution in [3.63, 3.8) is 0 Å². The molecule has 0 fully saturated rings. The molecule has 2 heteroatoms. The predicted molar refractivity (Wildman–Crippen MR) is 60.9 cm³/mol. The van der Waals surface area contributed by atoms with Crippen LogP contribution < -0.4 is 0 Å². The molecule has 15 heavy (non-hydrogen) atoms. The minimum Gasteiger partial charge on any atom is -0.478 e. The van der Waals surface area contributed by atoms with Gasteiger partial charge >= 0.3 is 5.97 Å². The Hall–Kier alpha value is -1.57. The van der Waals surface area contributed by atoms with Crippen LogP contribution in [-0.2, 0) is 17.6 Å². The van der Waals surface area contributed by atoms with Gasteiger partial charge in [-0.1, -0.05) is 36.8 Å². The van der Waals surface area contributed by atoms with E-state index in [0.29, 0.717) is 6.42 Å². The number of carbonyl (C=O) groups is 1. The molecule has 0 atom stereocenters. The average molecular weight is 204 g/mol. The zero-order valence-electron chi connectivity index (χ0n) is 9.16. The summed E-state index contributed by atoms with van der Waals surface area (Å²) in [6, 6.07) is 8.28. The predicted octanol–water partition coefficient (Wildman–Crippen LogP) is 2.82. The first-order valence-corrected chi connectivity index (χ1v) is 5.09. The molecule has 0 aliphatic heterocycles. The van der Waals surface area contributed by atoms with Crippen LogP contribution in [0, 0.1) is 0 Å². The van der Waals surface area contributed by atoms with Gasteiger partial charge in [-0.25, -0.2) is 4.79 Å². The van der Waals surface area contributed by atoms with Gasteiger partial charge in [0.1, 0.15) is 0 Å². The fourth-order valence-corrected chi connectivity index (χ4v) is 1.48. The Morgan fingerprint density at radius 2 is 1.80 bits per heavy atom. The Morgan fingerprint density at radius 1 is 1.27 bits per heavy atom. The maximum Gasteiger partial charge on any atom is 0.328 e. The summed E-state index contributed by atoms with van der Waals surface area (Å²) in [6.07, 6.45) is 2.99. The number of hydrogen-bond donors (Lipinski definition) is 1. The highest BCUT2D eigenvalue weighted by Gasteiger charge is 1.97. The zero-order chi connectivity index (χ0) is 11.3. The molecule has 1 aromatic carbocycles. The second kappa shape index (κ2) is 5.35. The zero-order valence-corrected chi connectivity index (χ0v) is 9.16. The molecular weight excluding hydrogens is 188 g/mol. The van der Waals surface area contributed by atoms with E-state index >= 15 is 0 Å². The quantitative estimate of drug-likeness (QED) is 0.766. The third kappa shape index (κ3) is 3.98. The second-order valence-electron chi connectivity index (χ2n) is 3.68. The number of aryl methyl sites for hydroxylation is 1. The first-order chi connectivity index (χ1) is 7.11. The molecule has 0 bridgehead atoms. The van der Waals surface area contributed by atoms with Gasteiger partial charge in [0, 0.05) is 6.08 Å². The van der Waals surface area contributed by atoms with Crippen molar-refractivity contribution >= 4 is 5.97 Å². The summed E-state index contributed by atoms with van der Waals surface area (Å²) in [5, 5.41) is 8.57. The standard InChI is InChI=1S/C13H16O2/c1-3-11-4-6-12(7-5-11)8-10(2)9-13(14)15/h4-7,9H,3,8H2,1-2H3,(H,14,15)/b10-9+. The molecule has 0 aromatic heterocycles. The van der Waals surface area contributed by atoms with Gasteiger partial charge in [0.15, 0.2) is 0 Å². The number of allylic oxidation sites excluding steroid dienone is 1. The van der Waals surface area contributed by atoms with Crippen molar-refractivity contribution in [2.24, 2.45) is 0 Å². The summed E-state index contributed by atoms with van der Waals surface area (Å²) in [5.41, 5.74) is 3.33. The maximum atomic E-state index is 10.4. The van der Waals surface area contributed by atoms with Crippen molar-refractivity contribution in [3.8, 4) is 0 Å². The van der Waals surface area contributed by atoms with E-state index in [1.165, 1.54) is 11.6 Å². The molecule has 2 nitrogen and oxygen atoms in total. The molecule has 1 N–H and O–H groups in total. The summed E-state index contributed by atoms with van der Waals surface area (Å²) in [6.45, 7) is 3.95. The largest absolute Gasteiger partial charge is 0.478 e. The maximum absolute atomic E-state index is 10.4. The summed E-state index contributed by atoms with van der Waals surface area (Å²) < 4.78 is 0. The topological polar surface area (TPSA) is 37.3 Å². The van der Waals surface area contributed by atoms with Gasteiger partial charge in [-0.2, -0.15) is 0 Å². The van der Waals surface area contributed by atoms with Crippen molar-refractivity contribution in [1.82, 2.24) is 0 Å². The number of aliphatic carboxylic acids is 1. The molecule has 0 saturated heterocycles. The fraction of sp³-hybridized carbons (Fsp3) is 0.308. The highest BCUT2D eigenvalue weighted by Crippen LogP contribution is 2.09. The van der Waals surface area contributed by atoms with E-state index in [1.807, 2.05) is 6.92 Å². The SMILES string of the molecule is CCc1ccc(C/C(C)=C/C(=O)O)cc1. The van der Waals surface area contributed by atoms with Crippen LogP contribution >= 0.6 is 0 Å². The molecule has 80 valence electrons. The smallest absolute Gasteiger partial charge is 0.328 e. The van der Waals surface area contributed by atoms with Gasteiger partial charge in [-0.05, 0) is 30.9 Å². The lowest BCUT2D eigenvalue weighted by Gasteiger charge is -2.02. The molecule has 0 aliphatic carbocycles. The normalized spacial score (nSPS) is 11.5. The Bertz CT molecular complexity index is 361. The highest BCUT2D eigenvalue weighted by molar-refractivity contribution is 5.80. The van der Waals surface area contributed by atoms with E-state index in [2.05, 4.69) is 31.2 Å². The number of benzene rings is 1. The monoisotopic (exact) mass is 204 g/mol. The van der Waals surface area contributed by atoms with Crippen LogP contribution in [0.25, 0.3) is 0 Å². The number of rotatable bonds is 4. The summed E-state index contributed by atoms with van der Waals surface area (Å²) in [7, 11) is 0. The van der Waals surface area contributed by atoms with Crippen molar-refractivity contribution in [3.05, 3.63) is 47.0 Å². The molecule has 0 aliphatic rings. The van der Waals surface area contributed by atoms with Crippen LogP contribution in [-0.4, -0.2) is 11.1 Å². The van der Waals surface area contributed by atoms with Crippen LogP contribution in [0.4, 0.5) is 0 Å².